The smallest absolute Gasteiger partial charge is 0.123 e. The number of hydrogen-bond acceptors (Lipinski definition) is 3. The van der Waals surface area contributed by atoms with Crippen molar-refractivity contribution < 1.29 is 9.47 Å². The SMILES string of the molecule is CCCCCCOc1ccc(OCCCCCC)c(CC#N)c1. The molecule has 3 nitrogen and oxygen atoms in total. The maximum Gasteiger partial charge on any atom is 0.123 e. The van der Waals surface area contributed by atoms with Crippen LogP contribution in [0.3, 0.4) is 0 Å². The van der Waals surface area contributed by atoms with Crippen molar-refractivity contribution in [2.45, 2.75) is 71.6 Å². The zero-order valence-electron chi connectivity index (χ0n) is 14.8. The van der Waals surface area contributed by atoms with E-state index in [1.807, 2.05) is 18.2 Å². The van der Waals surface area contributed by atoms with Gasteiger partial charge in [0.05, 0.1) is 25.7 Å². The Morgan fingerprint density at radius 3 is 2.13 bits per heavy atom. The second-order valence-corrected chi connectivity index (χ2v) is 5.92. The fourth-order valence-corrected chi connectivity index (χ4v) is 2.44. The summed E-state index contributed by atoms with van der Waals surface area (Å²) >= 11 is 0. The summed E-state index contributed by atoms with van der Waals surface area (Å²) in [5.41, 5.74) is 0.925. The number of ether oxygens (including phenoxy) is 2. The molecule has 23 heavy (non-hydrogen) atoms. The van der Waals surface area contributed by atoms with Crippen LogP contribution in [-0.4, -0.2) is 13.2 Å². The maximum atomic E-state index is 9.00. The third-order valence-corrected chi connectivity index (χ3v) is 3.82. The monoisotopic (exact) mass is 317 g/mol. The van der Waals surface area contributed by atoms with Crippen molar-refractivity contribution in [3.05, 3.63) is 23.8 Å². The van der Waals surface area contributed by atoms with Crippen LogP contribution < -0.4 is 9.47 Å². The molecule has 1 aromatic rings. The first-order chi connectivity index (χ1) is 11.3. The van der Waals surface area contributed by atoms with Crippen molar-refractivity contribution in [1.82, 2.24) is 0 Å². The fourth-order valence-electron chi connectivity index (χ4n) is 2.44. The molecule has 0 aliphatic heterocycles. The third-order valence-electron chi connectivity index (χ3n) is 3.82. The van der Waals surface area contributed by atoms with Crippen molar-refractivity contribution in [3.8, 4) is 17.6 Å². The highest BCUT2D eigenvalue weighted by molar-refractivity contribution is 5.41. The molecule has 0 spiro atoms. The fraction of sp³-hybridized carbons (Fsp3) is 0.650. The maximum absolute atomic E-state index is 9.00. The zero-order valence-corrected chi connectivity index (χ0v) is 14.8. The summed E-state index contributed by atoms with van der Waals surface area (Å²) in [7, 11) is 0. The number of rotatable bonds is 13. The summed E-state index contributed by atoms with van der Waals surface area (Å²) in [6, 6.07) is 8.04. The van der Waals surface area contributed by atoms with Gasteiger partial charge in [-0.2, -0.15) is 5.26 Å². The lowest BCUT2D eigenvalue weighted by molar-refractivity contribution is 0.295. The molecule has 0 aromatic heterocycles. The van der Waals surface area contributed by atoms with E-state index in [1.54, 1.807) is 0 Å². The number of nitrogens with zero attached hydrogens (tertiary/aromatic N) is 1. The summed E-state index contributed by atoms with van der Waals surface area (Å²) in [5.74, 6) is 1.66. The highest BCUT2D eigenvalue weighted by Gasteiger charge is 2.06. The van der Waals surface area contributed by atoms with E-state index < -0.39 is 0 Å². The number of unbranched alkanes of at least 4 members (excludes halogenated alkanes) is 6. The standard InChI is InChI=1S/C20H31NO2/c1-3-5-7-9-15-22-19-11-12-20(18(17-19)13-14-21)23-16-10-8-6-4-2/h11-12,17H,3-10,13,15-16H2,1-2H3. The van der Waals surface area contributed by atoms with Gasteiger partial charge < -0.3 is 9.47 Å². The molecule has 0 bridgehead atoms. The van der Waals surface area contributed by atoms with Gasteiger partial charge in [-0.15, -0.1) is 0 Å². The summed E-state index contributed by atoms with van der Waals surface area (Å²) in [6.45, 7) is 5.86. The van der Waals surface area contributed by atoms with E-state index in [1.165, 1.54) is 38.5 Å². The van der Waals surface area contributed by atoms with Crippen molar-refractivity contribution in [3.63, 3.8) is 0 Å². The summed E-state index contributed by atoms with van der Waals surface area (Å²) in [4.78, 5) is 0. The van der Waals surface area contributed by atoms with Crippen LogP contribution in [0.15, 0.2) is 18.2 Å². The molecule has 0 aliphatic carbocycles. The predicted molar refractivity (Wildman–Crippen MR) is 95.0 cm³/mol. The van der Waals surface area contributed by atoms with Crippen LogP contribution in [0.2, 0.25) is 0 Å². The Labute approximate surface area is 141 Å². The van der Waals surface area contributed by atoms with Crippen molar-refractivity contribution in [1.29, 1.82) is 5.26 Å². The second kappa shape index (κ2) is 12.8. The molecule has 0 aliphatic rings. The molecule has 0 amide bonds. The minimum Gasteiger partial charge on any atom is -0.494 e. The molecule has 0 unspecified atom stereocenters. The first-order valence-electron chi connectivity index (χ1n) is 9.07. The highest BCUT2D eigenvalue weighted by atomic mass is 16.5. The zero-order chi connectivity index (χ0) is 16.8. The molecule has 0 atom stereocenters. The normalized spacial score (nSPS) is 10.3. The Balaban J connectivity index is 2.47. The summed E-state index contributed by atoms with van der Waals surface area (Å²) in [5, 5.41) is 9.00. The first-order valence-corrected chi connectivity index (χ1v) is 9.07. The first kappa shape index (κ1) is 19.4. The Kier molecular flexibility index (Phi) is 10.8. The number of benzene rings is 1. The van der Waals surface area contributed by atoms with Crippen LogP contribution in [0.1, 0.15) is 70.8 Å². The summed E-state index contributed by atoms with van der Waals surface area (Å²) < 4.78 is 11.6. The van der Waals surface area contributed by atoms with Crippen molar-refractivity contribution in [2.75, 3.05) is 13.2 Å². The van der Waals surface area contributed by atoms with Gasteiger partial charge in [0.1, 0.15) is 11.5 Å². The van der Waals surface area contributed by atoms with Gasteiger partial charge in [0.2, 0.25) is 0 Å². The number of nitriles is 1. The van der Waals surface area contributed by atoms with Gasteiger partial charge in [0, 0.05) is 5.56 Å². The minimum atomic E-state index is 0.358. The average molecular weight is 317 g/mol. The Morgan fingerprint density at radius 2 is 1.52 bits per heavy atom. The van der Waals surface area contributed by atoms with Gasteiger partial charge in [0.25, 0.3) is 0 Å². The van der Waals surface area contributed by atoms with E-state index >= 15 is 0 Å². The van der Waals surface area contributed by atoms with Crippen LogP contribution in [0.4, 0.5) is 0 Å². The molecule has 0 fully saturated rings. The van der Waals surface area contributed by atoms with Gasteiger partial charge in [-0.3, -0.25) is 0 Å². The lowest BCUT2D eigenvalue weighted by atomic mass is 10.1. The van der Waals surface area contributed by atoms with Gasteiger partial charge >= 0.3 is 0 Å². The molecular formula is C20H31NO2. The number of hydrogen-bond donors (Lipinski definition) is 0. The van der Waals surface area contributed by atoms with E-state index in [0.717, 1.165) is 43.1 Å². The average Bonchev–Trinajstić information content (AvgIpc) is 2.56. The largest absolute Gasteiger partial charge is 0.494 e. The Hall–Kier alpha value is -1.69. The Bertz CT molecular complexity index is 465. The van der Waals surface area contributed by atoms with E-state index in [9.17, 15) is 0 Å². The van der Waals surface area contributed by atoms with Crippen LogP contribution in [-0.2, 0) is 6.42 Å². The highest BCUT2D eigenvalue weighted by Crippen LogP contribution is 2.25. The second-order valence-electron chi connectivity index (χ2n) is 5.92. The van der Waals surface area contributed by atoms with Gasteiger partial charge in [-0.05, 0) is 31.0 Å². The lowest BCUT2D eigenvalue weighted by Gasteiger charge is -2.12. The molecule has 1 rings (SSSR count). The topological polar surface area (TPSA) is 42.2 Å². The van der Waals surface area contributed by atoms with Gasteiger partial charge in [0.15, 0.2) is 0 Å². The third kappa shape index (κ3) is 8.50. The predicted octanol–water partition coefficient (Wildman–Crippen LogP) is 5.67. The molecule has 0 N–H and O–H groups in total. The molecule has 0 radical (unpaired) electrons. The van der Waals surface area contributed by atoms with Crippen molar-refractivity contribution >= 4 is 0 Å². The summed E-state index contributed by atoms with van der Waals surface area (Å²) in [6.07, 6.45) is 9.88. The minimum absolute atomic E-state index is 0.358. The quantitative estimate of drug-likeness (QED) is 0.440. The molecule has 128 valence electrons. The Morgan fingerprint density at radius 1 is 0.870 bits per heavy atom. The molecule has 1 aromatic carbocycles. The molecule has 0 saturated carbocycles. The van der Waals surface area contributed by atoms with E-state index in [2.05, 4.69) is 19.9 Å². The molecule has 0 saturated heterocycles. The molecular weight excluding hydrogens is 286 g/mol. The van der Waals surface area contributed by atoms with Crippen LogP contribution >= 0.6 is 0 Å². The van der Waals surface area contributed by atoms with Gasteiger partial charge in [-0.25, -0.2) is 0 Å². The van der Waals surface area contributed by atoms with E-state index in [4.69, 9.17) is 14.7 Å². The van der Waals surface area contributed by atoms with Crippen LogP contribution in [0.25, 0.3) is 0 Å². The van der Waals surface area contributed by atoms with Crippen LogP contribution in [0, 0.1) is 11.3 Å². The lowest BCUT2D eigenvalue weighted by Crippen LogP contribution is -2.02. The molecule has 0 heterocycles. The van der Waals surface area contributed by atoms with Crippen molar-refractivity contribution in [2.24, 2.45) is 0 Å². The van der Waals surface area contributed by atoms with E-state index in [0.29, 0.717) is 6.42 Å². The van der Waals surface area contributed by atoms with Gasteiger partial charge in [-0.1, -0.05) is 52.4 Å². The van der Waals surface area contributed by atoms with E-state index in [-0.39, 0.29) is 0 Å². The van der Waals surface area contributed by atoms with Crippen LogP contribution in [0.5, 0.6) is 11.5 Å². The molecule has 3 heteroatoms.